The number of hydrogen-bond acceptors (Lipinski definition) is 4. The molecule has 1 unspecified atom stereocenters. The first-order valence-corrected chi connectivity index (χ1v) is 8.11. The van der Waals surface area contributed by atoms with Crippen LogP contribution in [0.5, 0.6) is 17.2 Å². The summed E-state index contributed by atoms with van der Waals surface area (Å²) in [5.74, 6) is 2.58. The van der Waals surface area contributed by atoms with Crippen molar-refractivity contribution in [2.24, 2.45) is 0 Å². The summed E-state index contributed by atoms with van der Waals surface area (Å²) < 4.78 is 16.8. The zero-order chi connectivity index (χ0) is 16.1. The topological polar surface area (TPSA) is 39.7 Å². The summed E-state index contributed by atoms with van der Waals surface area (Å²) in [7, 11) is 0. The molecule has 1 N–H and O–H groups in total. The van der Waals surface area contributed by atoms with Gasteiger partial charge in [0.1, 0.15) is 19.0 Å². The lowest BCUT2D eigenvalue weighted by Gasteiger charge is -2.21. The molecule has 1 aliphatic heterocycles. The zero-order valence-electron chi connectivity index (χ0n) is 13.7. The Balaban J connectivity index is 1.63. The average Bonchev–Trinajstić information content (AvgIpc) is 2.60. The van der Waals surface area contributed by atoms with Gasteiger partial charge in [0.25, 0.3) is 0 Å². The van der Waals surface area contributed by atoms with Crippen LogP contribution in [0, 0.1) is 0 Å². The SMILES string of the molecule is CCOc1cccc(CNC(C)c2ccc3c(c2)OCCO3)c1. The molecule has 4 nitrogen and oxygen atoms in total. The highest BCUT2D eigenvalue weighted by atomic mass is 16.6. The largest absolute Gasteiger partial charge is 0.494 e. The molecule has 0 bridgehead atoms. The minimum absolute atomic E-state index is 0.224. The summed E-state index contributed by atoms with van der Waals surface area (Å²) in [5, 5.41) is 3.54. The van der Waals surface area contributed by atoms with Gasteiger partial charge in [-0.15, -0.1) is 0 Å². The molecule has 0 fully saturated rings. The van der Waals surface area contributed by atoms with Crippen LogP contribution in [-0.4, -0.2) is 19.8 Å². The normalized spacial score (nSPS) is 14.3. The van der Waals surface area contributed by atoms with Gasteiger partial charge in [0.05, 0.1) is 6.61 Å². The molecule has 1 atom stereocenters. The fourth-order valence-corrected chi connectivity index (χ4v) is 2.63. The van der Waals surface area contributed by atoms with Crippen LogP contribution in [0.25, 0.3) is 0 Å². The van der Waals surface area contributed by atoms with E-state index in [2.05, 4.69) is 36.5 Å². The van der Waals surface area contributed by atoms with E-state index in [0.29, 0.717) is 19.8 Å². The Bertz CT molecular complexity index is 657. The Labute approximate surface area is 137 Å². The van der Waals surface area contributed by atoms with Gasteiger partial charge in [-0.3, -0.25) is 0 Å². The molecular weight excluding hydrogens is 290 g/mol. The standard InChI is InChI=1S/C19H23NO3/c1-3-21-17-6-4-5-15(11-17)13-20-14(2)16-7-8-18-19(12-16)23-10-9-22-18/h4-8,11-12,14,20H,3,9-10,13H2,1-2H3. The van der Waals surface area contributed by atoms with Crippen LogP contribution in [-0.2, 0) is 6.54 Å². The fraction of sp³-hybridized carbons (Fsp3) is 0.368. The summed E-state index contributed by atoms with van der Waals surface area (Å²) in [6, 6.07) is 14.5. The smallest absolute Gasteiger partial charge is 0.161 e. The van der Waals surface area contributed by atoms with E-state index in [1.54, 1.807) is 0 Å². The predicted octanol–water partition coefficient (Wildman–Crippen LogP) is 3.71. The van der Waals surface area contributed by atoms with Crippen LogP contribution in [0.4, 0.5) is 0 Å². The lowest BCUT2D eigenvalue weighted by molar-refractivity contribution is 0.171. The van der Waals surface area contributed by atoms with E-state index in [0.717, 1.165) is 23.8 Å². The van der Waals surface area contributed by atoms with Gasteiger partial charge in [-0.25, -0.2) is 0 Å². The molecule has 0 radical (unpaired) electrons. The first-order valence-electron chi connectivity index (χ1n) is 8.11. The molecule has 23 heavy (non-hydrogen) atoms. The number of rotatable bonds is 6. The molecule has 1 aliphatic rings. The van der Waals surface area contributed by atoms with E-state index < -0.39 is 0 Å². The molecule has 2 aromatic carbocycles. The fourth-order valence-electron chi connectivity index (χ4n) is 2.63. The van der Waals surface area contributed by atoms with E-state index in [-0.39, 0.29) is 6.04 Å². The van der Waals surface area contributed by atoms with Gasteiger partial charge in [-0.2, -0.15) is 0 Å². The summed E-state index contributed by atoms with van der Waals surface area (Å²) in [5.41, 5.74) is 2.40. The van der Waals surface area contributed by atoms with Crippen molar-refractivity contribution in [3.63, 3.8) is 0 Å². The van der Waals surface area contributed by atoms with Crippen molar-refractivity contribution in [1.29, 1.82) is 0 Å². The van der Waals surface area contributed by atoms with E-state index in [1.807, 2.05) is 25.1 Å². The van der Waals surface area contributed by atoms with Crippen LogP contribution >= 0.6 is 0 Å². The highest BCUT2D eigenvalue weighted by Gasteiger charge is 2.14. The second-order valence-corrected chi connectivity index (χ2v) is 5.59. The third-order valence-corrected chi connectivity index (χ3v) is 3.89. The second-order valence-electron chi connectivity index (χ2n) is 5.59. The quantitative estimate of drug-likeness (QED) is 0.882. The van der Waals surface area contributed by atoms with Crippen molar-refractivity contribution in [2.45, 2.75) is 26.4 Å². The highest BCUT2D eigenvalue weighted by Crippen LogP contribution is 2.32. The second kappa shape index (κ2) is 7.38. The zero-order valence-corrected chi connectivity index (χ0v) is 13.7. The maximum absolute atomic E-state index is 5.65. The van der Waals surface area contributed by atoms with Crippen LogP contribution in [0.3, 0.4) is 0 Å². The van der Waals surface area contributed by atoms with Crippen LogP contribution in [0.2, 0.25) is 0 Å². The molecule has 0 saturated carbocycles. The molecule has 2 aromatic rings. The molecule has 3 rings (SSSR count). The lowest BCUT2D eigenvalue weighted by atomic mass is 10.1. The summed E-state index contributed by atoms with van der Waals surface area (Å²) in [4.78, 5) is 0. The minimum Gasteiger partial charge on any atom is -0.494 e. The van der Waals surface area contributed by atoms with Gasteiger partial charge >= 0.3 is 0 Å². The number of hydrogen-bond donors (Lipinski definition) is 1. The van der Waals surface area contributed by atoms with Crippen molar-refractivity contribution < 1.29 is 14.2 Å². The van der Waals surface area contributed by atoms with E-state index in [4.69, 9.17) is 14.2 Å². The Kier molecular flexibility index (Phi) is 5.03. The van der Waals surface area contributed by atoms with Crippen LogP contribution in [0.15, 0.2) is 42.5 Å². The van der Waals surface area contributed by atoms with E-state index in [1.165, 1.54) is 11.1 Å². The van der Waals surface area contributed by atoms with E-state index >= 15 is 0 Å². The highest BCUT2D eigenvalue weighted by molar-refractivity contribution is 5.44. The maximum atomic E-state index is 5.65. The number of benzene rings is 2. The van der Waals surface area contributed by atoms with Gasteiger partial charge in [0.15, 0.2) is 11.5 Å². The number of ether oxygens (including phenoxy) is 3. The summed E-state index contributed by atoms with van der Waals surface area (Å²) in [6.45, 7) is 6.85. The van der Waals surface area contributed by atoms with Crippen molar-refractivity contribution in [3.05, 3.63) is 53.6 Å². The Morgan fingerprint density at radius 3 is 2.74 bits per heavy atom. The first kappa shape index (κ1) is 15.7. The molecule has 1 heterocycles. The van der Waals surface area contributed by atoms with Gasteiger partial charge in [-0.05, 0) is 49.2 Å². The molecular formula is C19H23NO3. The Hall–Kier alpha value is -2.20. The average molecular weight is 313 g/mol. The molecule has 0 aromatic heterocycles. The lowest BCUT2D eigenvalue weighted by Crippen LogP contribution is -2.19. The first-order chi connectivity index (χ1) is 11.3. The summed E-state index contributed by atoms with van der Waals surface area (Å²) in [6.07, 6.45) is 0. The molecule has 4 heteroatoms. The monoisotopic (exact) mass is 313 g/mol. The molecule has 0 amide bonds. The van der Waals surface area contributed by atoms with Gasteiger partial charge in [-0.1, -0.05) is 18.2 Å². The Morgan fingerprint density at radius 1 is 1.09 bits per heavy atom. The molecule has 0 saturated heterocycles. The molecule has 0 aliphatic carbocycles. The molecule has 0 spiro atoms. The Morgan fingerprint density at radius 2 is 1.91 bits per heavy atom. The molecule has 122 valence electrons. The van der Waals surface area contributed by atoms with Crippen molar-refractivity contribution >= 4 is 0 Å². The third-order valence-electron chi connectivity index (χ3n) is 3.89. The van der Waals surface area contributed by atoms with Gasteiger partial charge in [0, 0.05) is 12.6 Å². The van der Waals surface area contributed by atoms with Crippen LogP contribution < -0.4 is 19.5 Å². The number of fused-ring (bicyclic) bond motifs is 1. The van der Waals surface area contributed by atoms with E-state index in [9.17, 15) is 0 Å². The van der Waals surface area contributed by atoms with Crippen molar-refractivity contribution in [2.75, 3.05) is 19.8 Å². The minimum atomic E-state index is 0.224. The number of nitrogens with one attached hydrogen (secondary N) is 1. The van der Waals surface area contributed by atoms with Gasteiger partial charge in [0.2, 0.25) is 0 Å². The predicted molar refractivity (Wildman–Crippen MR) is 90.3 cm³/mol. The van der Waals surface area contributed by atoms with Gasteiger partial charge < -0.3 is 19.5 Å². The van der Waals surface area contributed by atoms with Crippen molar-refractivity contribution in [1.82, 2.24) is 5.32 Å². The summed E-state index contributed by atoms with van der Waals surface area (Å²) >= 11 is 0. The van der Waals surface area contributed by atoms with Crippen LogP contribution in [0.1, 0.15) is 31.0 Å². The van der Waals surface area contributed by atoms with Crippen molar-refractivity contribution in [3.8, 4) is 17.2 Å². The maximum Gasteiger partial charge on any atom is 0.161 e. The third kappa shape index (κ3) is 3.96.